The Morgan fingerprint density at radius 3 is 2.00 bits per heavy atom. The van der Waals surface area contributed by atoms with Crippen LogP contribution in [0.25, 0.3) is 0 Å². The summed E-state index contributed by atoms with van der Waals surface area (Å²) in [5, 5.41) is 3.09. The second-order valence-electron chi connectivity index (χ2n) is 6.85. The lowest BCUT2D eigenvalue weighted by Gasteiger charge is -2.09. The quantitative estimate of drug-likeness (QED) is 0.380. The predicted molar refractivity (Wildman–Crippen MR) is 109 cm³/mol. The first-order valence-corrected chi connectivity index (χ1v) is 10.3. The first-order valence-electron chi connectivity index (χ1n) is 9.90. The molecule has 5 heteroatoms. The Morgan fingerprint density at radius 1 is 0.923 bits per heavy atom. The minimum Gasteiger partial charge on any atom is -0.325 e. The lowest BCUT2D eigenvalue weighted by molar-refractivity contribution is -0.116. The van der Waals surface area contributed by atoms with Gasteiger partial charge in [0.15, 0.2) is 0 Å². The molecule has 0 atom stereocenters. The van der Waals surface area contributed by atoms with Gasteiger partial charge in [0, 0.05) is 11.4 Å². The van der Waals surface area contributed by atoms with E-state index in [0.29, 0.717) is 17.1 Å². The van der Waals surface area contributed by atoms with Gasteiger partial charge in [0.2, 0.25) is 5.91 Å². The van der Waals surface area contributed by atoms with Gasteiger partial charge < -0.3 is 5.32 Å². The van der Waals surface area contributed by atoms with Crippen molar-refractivity contribution in [2.24, 2.45) is 0 Å². The van der Waals surface area contributed by atoms with Crippen LogP contribution in [0.2, 0.25) is 5.02 Å². The zero-order chi connectivity index (χ0) is 19.2. The van der Waals surface area contributed by atoms with E-state index in [1.54, 1.807) is 12.1 Å². The van der Waals surface area contributed by atoms with Crippen LogP contribution in [0, 0.1) is 0 Å². The van der Waals surface area contributed by atoms with Crippen LogP contribution < -0.4 is 11.1 Å². The summed E-state index contributed by atoms with van der Waals surface area (Å²) in [5.41, 5.74) is 7.74. The van der Waals surface area contributed by atoms with Crippen LogP contribution in [0.3, 0.4) is 0 Å². The molecule has 0 saturated carbocycles. The molecule has 0 heterocycles. The summed E-state index contributed by atoms with van der Waals surface area (Å²) >= 11 is 5.84. The number of anilines is 1. The fraction of sp³-hybridized carbons (Fsp3) is 0.619. The molecule has 0 spiro atoms. The fourth-order valence-corrected chi connectivity index (χ4v) is 3.15. The molecule has 26 heavy (non-hydrogen) atoms. The topological polar surface area (TPSA) is 70.0 Å². The highest BCUT2D eigenvalue weighted by atomic mass is 35.5. The zero-order valence-electron chi connectivity index (χ0n) is 15.9. The van der Waals surface area contributed by atoms with Gasteiger partial charge in [-0.15, -0.1) is 0 Å². The Bertz CT molecular complexity index is 561. The van der Waals surface area contributed by atoms with Gasteiger partial charge in [-0.05, 0) is 24.6 Å². The van der Waals surface area contributed by atoms with Crippen molar-refractivity contribution in [3.05, 3.63) is 28.8 Å². The zero-order valence-corrected chi connectivity index (χ0v) is 16.7. The number of halogens is 1. The average molecular weight is 380 g/mol. The summed E-state index contributed by atoms with van der Waals surface area (Å²) in [6.45, 7) is 2.24. The van der Waals surface area contributed by atoms with Gasteiger partial charge in [-0.2, -0.15) is 0 Å². The van der Waals surface area contributed by atoms with Crippen molar-refractivity contribution in [2.45, 2.75) is 84.0 Å². The number of hydrogen-bond donors (Lipinski definition) is 1. The minimum atomic E-state index is -0.850. The number of amides is 2. The normalized spacial score (nSPS) is 10.7. The van der Waals surface area contributed by atoms with Gasteiger partial charge >= 0.3 is 0 Å². The van der Waals surface area contributed by atoms with Crippen molar-refractivity contribution >= 4 is 29.1 Å². The molecule has 1 aromatic rings. The van der Waals surface area contributed by atoms with E-state index in [0.717, 1.165) is 12.8 Å². The van der Waals surface area contributed by atoms with Crippen LogP contribution in [0.15, 0.2) is 18.2 Å². The van der Waals surface area contributed by atoms with Crippen molar-refractivity contribution in [3.63, 3.8) is 0 Å². The Balaban J connectivity index is 2.12. The Hall–Kier alpha value is -1.55. The highest BCUT2D eigenvalue weighted by molar-refractivity contribution is 6.31. The van der Waals surface area contributed by atoms with Crippen LogP contribution in [-0.2, 0) is 4.79 Å². The van der Waals surface area contributed by atoms with Crippen LogP contribution in [-0.4, -0.2) is 11.8 Å². The number of hydrogen-bond acceptors (Lipinski definition) is 2. The first kappa shape index (κ1) is 22.5. The Labute approximate surface area is 162 Å². The van der Waals surface area contributed by atoms with Crippen LogP contribution in [0.4, 0.5) is 5.69 Å². The molecule has 145 valence electrons. The van der Waals surface area contributed by atoms with E-state index >= 15 is 0 Å². The predicted octanol–water partition coefficient (Wildman–Crippen LogP) is 6.40. The third-order valence-electron chi connectivity index (χ3n) is 4.51. The summed E-state index contributed by atoms with van der Waals surface area (Å²) in [7, 11) is 0. The number of benzene rings is 1. The summed E-state index contributed by atoms with van der Waals surface area (Å²) < 4.78 is 0. The molecule has 0 bridgehead atoms. The second kappa shape index (κ2) is 13.6. The maximum Gasteiger partial charge on any atom is 0.271 e. The van der Waals surface area contributed by atoms with Crippen molar-refractivity contribution in [3.8, 4) is 0 Å². The van der Waals surface area contributed by atoms with Crippen molar-refractivity contribution < 1.29 is 9.59 Å². The molecule has 0 aliphatic carbocycles. The Kier molecular flexibility index (Phi) is 11.8. The molecule has 0 aromatic heterocycles. The molecular formula is C21H32ClN2O2. The van der Waals surface area contributed by atoms with Crippen molar-refractivity contribution in [1.29, 1.82) is 0 Å². The van der Waals surface area contributed by atoms with Crippen molar-refractivity contribution in [1.82, 2.24) is 5.73 Å². The van der Waals surface area contributed by atoms with E-state index in [-0.39, 0.29) is 11.5 Å². The number of unbranched alkanes of at least 4 members (excludes halogenated alkanes) is 10. The molecule has 1 radical (unpaired) electrons. The van der Waals surface area contributed by atoms with Gasteiger partial charge in [0.25, 0.3) is 5.91 Å². The molecule has 0 saturated heterocycles. The van der Waals surface area contributed by atoms with E-state index in [1.807, 2.05) is 0 Å². The molecule has 0 aliphatic rings. The molecule has 2 amide bonds. The van der Waals surface area contributed by atoms with Gasteiger partial charge in [0.05, 0.1) is 11.3 Å². The van der Waals surface area contributed by atoms with Crippen molar-refractivity contribution in [2.75, 3.05) is 5.32 Å². The van der Waals surface area contributed by atoms with E-state index in [2.05, 4.69) is 12.2 Å². The number of carbonyl (C=O) groups is 2. The van der Waals surface area contributed by atoms with Crippen LogP contribution in [0.5, 0.6) is 0 Å². The molecular weight excluding hydrogens is 348 g/mol. The molecule has 1 rings (SSSR count). The molecule has 2 N–H and O–H groups in total. The first-order chi connectivity index (χ1) is 12.5. The van der Waals surface area contributed by atoms with E-state index in [4.69, 9.17) is 17.3 Å². The smallest absolute Gasteiger partial charge is 0.271 e. The molecule has 0 aliphatic heterocycles. The molecule has 4 nitrogen and oxygen atoms in total. The monoisotopic (exact) mass is 379 g/mol. The van der Waals surface area contributed by atoms with E-state index < -0.39 is 5.91 Å². The SMILES string of the molecule is CCCCCCCCCCCCCC(=O)Nc1ccc(Cl)cc1C([NH])=O. The van der Waals surface area contributed by atoms with Crippen LogP contribution >= 0.6 is 11.6 Å². The Morgan fingerprint density at radius 2 is 1.46 bits per heavy atom. The molecule has 1 aromatic carbocycles. The van der Waals surface area contributed by atoms with Gasteiger partial charge in [0.1, 0.15) is 0 Å². The number of rotatable bonds is 14. The molecule has 0 unspecified atom stereocenters. The van der Waals surface area contributed by atoms with Gasteiger partial charge in [-0.1, -0.05) is 82.7 Å². The largest absolute Gasteiger partial charge is 0.325 e. The highest BCUT2D eigenvalue weighted by Crippen LogP contribution is 2.21. The third kappa shape index (κ3) is 9.81. The standard InChI is InChI=1S/C21H32ClN2O2/c1-2-3-4-5-6-7-8-9-10-11-12-13-20(25)24-19-15-14-17(22)16-18(19)21(23)26/h14-16,23H,2-13H2,1H3,(H,24,25). The summed E-state index contributed by atoms with van der Waals surface area (Å²) in [4.78, 5) is 23.3. The van der Waals surface area contributed by atoms with Gasteiger partial charge in [-0.25, -0.2) is 0 Å². The maximum absolute atomic E-state index is 12.0. The lowest BCUT2D eigenvalue weighted by atomic mass is 10.1. The lowest BCUT2D eigenvalue weighted by Crippen LogP contribution is -2.14. The van der Waals surface area contributed by atoms with Gasteiger partial charge in [-0.3, -0.25) is 15.3 Å². The summed E-state index contributed by atoms with van der Waals surface area (Å²) in [6, 6.07) is 4.59. The second-order valence-corrected chi connectivity index (χ2v) is 7.29. The highest BCUT2D eigenvalue weighted by Gasteiger charge is 2.12. The maximum atomic E-state index is 12.0. The third-order valence-corrected chi connectivity index (χ3v) is 4.74. The summed E-state index contributed by atoms with van der Waals surface area (Å²) in [5.74, 6) is -0.969. The average Bonchev–Trinajstić information content (AvgIpc) is 2.61. The fourth-order valence-electron chi connectivity index (χ4n) is 2.98. The minimum absolute atomic E-state index is 0.120. The number of carbonyl (C=O) groups excluding carboxylic acids is 2. The van der Waals surface area contributed by atoms with E-state index in [9.17, 15) is 9.59 Å². The van der Waals surface area contributed by atoms with E-state index in [1.165, 1.54) is 63.9 Å². The molecule has 0 fully saturated rings. The summed E-state index contributed by atoms with van der Waals surface area (Å²) in [6.07, 6.45) is 14.1. The number of nitrogens with one attached hydrogen (secondary N) is 2. The van der Waals surface area contributed by atoms with Crippen LogP contribution in [0.1, 0.15) is 94.3 Å².